The number of sulfonamides is 1. The van der Waals surface area contributed by atoms with Crippen LogP contribution in [-0.2, 0) is 10.0 Å². The van der Waals surface area contributed by atoms with Gasteiger partial charge in [0.15, 0.2) is 0 Å². The first-order chi connectivity index (χ1) is 16.4. The van der Waals surface area contributed by atoms with E-state index in [1.165, 1.54) is 18.3 Å². The first kappa shape index (κ1) is 22.8. The average Bonchev–Trinajstić information content (AvgIpc) is 3.60. The summed E-state index contributed by atoms with van der Waals surface area (Å²) in [6.07, 6.45) is 6.59. The topological polar surface area (TPSA) is 123 Å². The summed E-state index contributed by atoms with van der Waals surface area (Å²) in [6.45, 7) is 0. The van der Waals surface area contributed by atoms with Crippen molar-refractivity contribution in [1.82, 2.24) is 10.3 Å². The van der Waals surface area contributed by atoms with Gasteiger partial charge in [0.25, 0.3) is 10.0 Å². The molecule has 1 heterocycles. The summed E-state index contributed by atoms with van der Waals surface area (Å²) in [6, 6.07) is 20.1. The molecule has 3 aromatic rings. The van der Waals surface area contributed by atoms with Crippen LogP contribution in [0.1, 0.15) is 43.6 Å². The number of nitrogen functional groups attached to an aromatic ring is 1. The lowest BCUT2D eigenvalue weighted by Crippen LogP contribution is -2.38. The van der Waals surface area contributed by atoms with Crippen LogP contribution in [-0.4, -0.2) is 31.5 Å². The molecule has 0 saturated heterocycles. The van der Waals surface area contributed by atoms with E-state index in [0.29, 0.717) is 23.8 Å². The summed E-state index contributed by atoms with van der Waals surface area (Å²) in [4.78, 5) is 4.03. The van der Waals surface area contributed by atoms with E-state index in [1.54, 1.807) is 0 Å². The van der Waals surface area contributed by atoms with Gasteiger partial charge in [-0.1, -0.05) is 42.5 Å². The van der Waals surface area contributed by atoms with Crippen LogP contribution in [0.15, 0.2) is 71.8 Å². The molecule has 34 heavy (non-hydrogen) atoms. The molecular formula is C26H31N5O2S. The lowest BCUT2D eigenvalue weighted by atomic mass is 9.91. The van der Waals surface area contributed by atoms with E-state index in [0.717, 1.165) is 48.8 Å². The SMILES string of the molecule is Nc1ccc(S(=O)(=O)Nc2cc(-c3ccccc3)ccc2[C@@H]2C[C@H]2NC2CCC(N)CC2)cn1. The van der Waals surface area contributed by atoms with Crippen LogP contribution in [0, 0.1) is 0 Å². The van der Waals surface area contributed by atoms with Crippen LogP contribution < -0.4 is 21.5 Å². The summed E-state index contributed by atoms with van der Waals surface area (Å²) in [5, 5.41) is 3.78. The van der Waals surface area contributed by atoms with Crippen LogP contribution in [0.5, 0.6) is 0 Å². The fraction of sp³-hybridized carbons (Fsp3) is 0.346. The van der Waals surface area contributed by atoms with Gasteiger partial charge in [0.05, 0.1) is 5.69 Å². The van der Waals surface area contributed by atoms with Crippen LogP contribution in [0.4, 0.5) is 11.5 Å². The van der Waals surface area contributed by atoms with Gasteiger partial charge >= 0.3 is 0 Å². The smallest absolute Gasteiger partial charge is 0.263 e. The molecule has 2 fully saturated rings. The second kappa shape index (κ2) is 9.37. The highest BCUT2D eigenvalue weighted by molar-refractivity contribution is 7.92. The first-order valence-corrected chi connectivity index (χ1v) is 13.3. The lowest BCUT2D eigenvalue weighted by Gasteiger charge is -2.27. The van der Waals surface area contributed by atoms with Crippen molar-refractivity contribution in [2.24, 2.45) is 5.73 Å². The molecule has 2 atom stereocenters. The van der Waals surface area contributed by atoms with Gasteiger partial charge in [0.2, 0.25) is 0 Å². The van der Waals surface area contributed by atoms with Crippen molar-refractivity contribution in [3.8, 4) is 11.1 Å². The van der Waals surface area contributed by atoms with E-state index in [4.69, 9.17) is 11.5 Å². The third-order valence-electron chi connectivity index (χ3n) is 6.89. The van der Waals surface area contributed by atoms with Crippen LogP contribution in [0.25, 0.3) is 11.1 Å². The maximum Gasteiger partial charge on any atom is 0.263 e. The van der Waals surface area contributed by atoms with Gasteiger partial charge in [-0.3, -0.25) is 4.72 Å². The molecule has 1 aromatic heterocycles. The van der Waals surface area contributed by atoms with Crippen LogP contribution in [0.3, 0.4) is 0 Å². The van der Waals surface area contributed by atoms with Gasteiger partial charge in [-0.05, 0) is 67.0 Å². The third-order valence-corrected chi connectivity index (χ3v) is 8.24. The van der Waals surface area contributed by atoms with Crippen LogP contribution >= 0.6 is 0 Å². The zero-order valence-electron chi connectivity index (χ0n) is 19.0. The van der Waals surface area contributed by atoms with Gasteiger partial charge in [-0.15, -0.1) is 0 Å². The summed E-state index contributed by atoms with van der Waals surface area (Å²) < 4.78 is 29.2. The predicted molar refractivity (Wildman–Crippen MR) is 136 cm³/mol. The molecule has 8 heteroatoms. The van der Waals surface area contributed by atoms with E-state index >= 15 is 0 Å². The van der Waals surface area contributed by atoms with Gasteiger partial charge in [-0.25, -0.2) is 13.4 Å². The monoisotopic (exact) mass is 477 g/mol. The highest BCUT2D eigenvalue weighted by atomic mass is 32.2. The normalized spacial score (nSPS) is 24.5. The molecule has 7 nitrogen and oxygen atoms in total. The Balaban J connectivity index is 1.41. The molecule has 0 radical (unpaired) electrons. The molecular weight excluding hydrogens is 446 g/mol. The number of aromatic nitrogens is 1. The minimum absolute atomic E-state index is 0.0850. The zero-order chi connectivity index (χ0) is 23.7. The number of anilines is 2. The number of nitrogens with two attached hydrogens (primary N) is 2. The molecule has 0 amide bonds. The molecule has 2 saturated carbocycles. The molecule has 2 aliphatic carbocycles. The lowest BCUT2D eigenvalue weighted by molar-refractivity contribution is 0.339. The zero-order valence-corrected chi connectivity index (χ0v) is 19.8. The molecule has 2 aliphatic rings. The number of hydrogen-bond acceptors (Lipinski definition) is 6. The Morgan fingerprint density at radius 2 is 1.68 bits per heavy atom. The fourth-order valence-electron chi connectivity index (χ4n) is 4.84. The molecule has 0 bridgehead atoms. The number of hydrogen-bond donors (Lipinski definition) is 4. The molecule has 0 spiro atoms. The quantitative estimate of drug-likeness (QED) is 0.410. The van der Waals surface area contributed by atoms with Crippen molar-refractivity contribution in [3.05, 3.63) is 72.4 Å². The standard InChI is InChI=1S/C26H31N5O2S/c27-19-7-9-20(10-8-19)30-24-15-23(24)22-12-6-18(17-4-2-1-3-5-17)14-25(22)31-34(32,33)21-11-13-26(28)29-16-21/h1-6,11-14,16,19-20,23-24,30-31H,7-10,15,27H2,(H2,28,29)/t19?,20?,23-,24+/m0/s1. The first-order valence-electron chi connectivity index (χ1n) is 11.8. The van der Waals surface area contributed by atoms with Crippen molar-refractivity contribution in [3.63, 3.8) is 0 Å². The third kappa shape index (κ3) is 5.09. The van der Waals surface area contributed by atoms with Crippen molar-refractivity contribution in [2.45, 2.75) is 61.0 Å². The van der Waals surface area contributed by atoms with Gasteiger partial charge < -0.3 is 16.8 Å². The summed E-state index contributed by atoms with van der Waals surface area (Å²) >= 11 is 0. The highest BCUT2D eigenvalue weighted by Gasteiger charge is 2.41. The fourth-order valence-corrected chi connectivity index (χ4v) is 5.87. The molecule has 0 unspecified atom stereocenters. The van der Waals surface area contributed by atoms with E-state index in [-0.39, 0.29) is 16.6 Å². The Morgan fingerprint density at radius 1 is 0.912 bits per heavy atom. The minimum atomic E-state index is -3.81. The maximum absolute atomic E-state index is 13.2. The summed E-state index contributed by atoms with van der Waals surface area (Å²) in [7, 11) is -3.81. The average molecular weight is 478 g/mol. The summed E-state index contributed by atoms with van der Waals surface area (Å²) in [5.74, 6) is 0.545. The van der Waals surface area contributed by atoms with Crippen molar-refractivity contribution in [1.29, 1.82) is 0 Å². The van der Waals surface area contributed by atoms with Gasteiger partial charge in [-0.2, -0.15) is 0 Å². The molecule has 0 aliphatic heterocycles. The molecule has 2 aromatic carbocycles. The maximum atomic E-state index is 13.2. The minimum Gasteiger partial charge on any atom is -0.384 e. The second-order valence-electron chi connectivity index (χ2n) is 9.42. The Kier molecular flexibility index (Phi) is 6.29. The Hall–Kier alpha value is -2.94. The number of nitrogens with zero attached hydrogens (tertiary/aromatic N) is 1. The van der Waals surface area contributed by atoms with Crippen molar-refractivity contribution >= 4 is 21.5 Å². The number of pyridine rings is 1. The van der Waals surface area contributed by atoms with Crippen molar-refractivity contribution in [2.75, 3.05) is 10.5 Å². The van der Waals surface area contributed by atoms with E-state index in [1.807, 2.05) is 36.4 Å². The number of benzene rings is 2. The largest absolute Gasteiger partial charge is 0.384 e. The number of rotatable bonds is 7. The Labute approximate surface area is 201 Å². The van der Waals surface area contributed by atoms with E-state index in [2.05, 4.69) is 27.2 Å². The van der Waals surface area contributed by atoms with E-state index < -0.39 is 10.0 Å². The predicted octanol–water partition coefficient (Wildman–Crippen LogP) is 3.85. The molecule has 178 valence electrons. The number of nitrogens with one attached hydrogen (secondary N) is 2. The highest BCUT2D eigenvalue weighted by Crippen LogP contribution is 2.46. The van der Waals surface area contributed by atoms with Crippen LogP contribution in [0.2, 0.25) is 0 Å². The Bertz CT molecular complexity index is 1240. The molecule has 5 rings (SSSR count). The van der Waals surface area contributed by atoms with E-state index in [9.17, 15) is 8.42 Å². The summed E-state index contributed by atoms with van der Waals surface area (Å²) in [5.41, 5.74) is 15.3. The van der Waals surface area contributed by atoms with Crippen molar-refractivity contribution < 1.29 is 8.42 Å². The van der Waals surface area contributed by atoms with Gasteiger partial charge in [0, 0.05) is 30.2 Å². The Morgan fingerprint density at radius 3 is 2.38 bits per heavy atom. The molecule has 6 N–H and O–H groups in total. The van der Waals surface area contributed by atoms with Gasteiger partial charge in [0.1, 0.15) is 10.7 Å². The second-order valence-corrected chi connectivity index (χ2v) is 11.1.